The molecule has 194 valence electrons. The van der Waals surface area contributed by atoms with Crippen molar-refractivity contribution in [1.82, 2.24) is 9.88 Å². The van der Waals surface area contributed by atoms with E-state index < -0.39 is 21.7 Å². The average molecular weight is 548 g/mol. The number of pyridine rings is 1. The summed E-state index contributed by atoms with van der Waals surface area (Å²) in [5.41, 5.74) is 0.657. The van der Waals surface area contributed by atoms with Crippen LogP contribution in [-0.2, 0) is 17.1 Å². The Morgan fingerprint density at radius 1 is 1.05 bits per heavy atom. The lowest BCUT2D eigenvalue weighted by Crippen LogP contribution is -2.21. The summed E-state index contributed by atoms with van der Waals surface area (Å²) in [5, 5.41) is 2.98. The van der Waals surface area contributed by atoms with E-state index in [1.54, 1.807) is 14.0 Å². The van der Waals surface area contributed by atoms with E-state index >= 15 is 0 Å². The number of ether oxygens (including phenoxy) is 1. The molecule has 2 N–H and O–H groups in total. The molecule has 0 aliphatic carbocycles. The summed E-state index contributed by atoms with van der Waals surface area (Å²) in [4.78, 5) is 25.7. The van der Waals surface area contributed by atoms with E-state index in [0.717, 1.165) is 23.5 Å². The fourth-order valence-electron chi connectivity index (χ4n) is 3.62. The number of aryl methyl sites for hydroxylation is 1. The third-order valence-electron chi connectivity index (χ3n) is 5.45. The summed E-state index contributed by atoms with van der Waals surface area (Å²) in [6.07, 6.45) is 1.53. The van der Waals surface area contributed by atoms with Gasteiger partial charge in [0.15, 0.2) is 11.6 Å². The number of anilines is 1. The zero-order valence-corrected chi connectivity index (χ0v) is 21.7. The molecule has 2 aromatic heterocycles. The van der Waals surface area contributed by atoms with Gasteiger partial charge in [-0.3, -0.25) is 14.3 Å². The van der Waals surface area contributed by atoms with Gasteiger partial charge in [-0.1, -0.05) is 0 Å². The molecular weight excluding hydrogens is 524 g/mol. The number of rotatable bonds is 8. The first-order valence-corrected chi connectivity index (χ1v) is 13.7. The predicted molar refractivity (Wildman–Crippen MR) is 140 cm³/mol. The monoisotopic (exact) mass is 547 g/mol. The second-order valence-corrected chi connectivity index (χ2v) is 11.1. The summed E-state index contributed by atoms with van der Waals surface area (Å²) in [6.45, 7) is 3.67. The maximum atomic E-state index is 14.4. The normalized spacial score (nSPS) is 11.5. The first-order chi connectivity index (χ1) is 17.5. The Bertz CT molecular complexity index is 1680. The number of thiophene rings is 1. The van der Waals surface area contributed by atoms with Crippen LogP contribution in [0, 0.1) is 11.6 Å². The molecule has 1 amide bonds. The van der Waals surface area contributed by atoms with E-state index in [1.165, 1.54) is 42.0 Å². The molecule has 4 aromatic rings. The van der Waals surface area contributed by atoms with Gasteiger partial charge in [0.25, 0.3) is 11.5 Å². The van der Waals surface area contributed by atoms with Gasteiger partial charge in [0.2, 0.25) is 10.0 Å². The Hall–Kier alpha value is -3.77. The van der Waals surface area contributed by atoms with Crippen LogP contribution in [0.3, 0.4) is 0 Å². The van der Waals surface area contributed by atoms with Gasteiger partial charge in [0.1, 0.15) is 11.6 Å². The highest BCUT2D eigenvalue weighted by atomic mass is 32.2. The Morgan fingerprint density at radius 2 is 1.78 bits per heavy atom. The summed E-state index contributed by atoms with van der Waals surface area (Å²) in [7, 11) is -2.08. The zero-order valence-electron chi connectivity index (χ0n) is 20.1. The van der Waals surface area contributed by atoms with Crippen LogP contribution < -0.4 is 20.3 Å². The van der Waals surface area contributed by atoms with Crippen LogP contribution in [0.2, 0.25) is 0 Å². The number of fused-ring (bicyclic) bond motifs is 1. The van der Waals surface area contributed by atoms with Gasteiger partial charge in [-0.05, 0) is 50.2 Å². The van der Waals surface area contributed by atoms with Gasteiger partial charge in [0.05, 0.1) is 20.7 Å². The smallest absolute Gasteiger partial charge is 0.261 e. The van der Waals surface area contributed by atoms with Crippen molar-refractivity contribution in [3.63, 3.8) is 0 Å². The Labute approximate surface area is 215 Å². The number of carbonyl (C=O) groups is 1. The quantitative estimate of drug-likeness (QED) is 0.328. The molecule has 0 bridgehead atoms. The van der Waals surface area contributed by atoms with Gasteiger partial charge in [0, 0.05) is 42.7 Å². The molecule has 0 spiro atoms. The third-order valence-corrected chi connectivity index (χ3v) is 7.92. The second kappa shape index (κ2) is 10.3. The lowest BCUT2D eigenvalue weighted by molar-refractivity contribution is 0.0960. The molecular formula is C25H23F2N3O5S2. The SMILES string of the molecule is CCNC(=O)c1cc2c(=O)n(C)cc(-c3cc(NS(=O)(=O)CC)ccc3Oc3ccc(F)cc3F)c2s1. The number of halogens is 2. The fourth-order valence-corrected chi connectivity index (χ4v) is 5.34. The third kappa shape index (κ3) is 5.49. The molecule has 2 aromatic carbocycles. The van der Waals surface area contributed by atoms with Crippen molar-refractivity contribution in [3.05, 3.63) is 75.5 Å². The number of sulfonamides is 1. The topological polar surface area (TPSA) is 107 Å². The summed E-state index contributed by atoms with van der Waals surface area (Å²) in [5.74, 6) is -2.33. The standard InChI is InChI=1S/C25H23F2N3O5S2/c1-4-28-24(31)22-12-17-23(36-22)18(13-30(3)25(17)32)16-11-15(29-37(33,34)5-2)7-9-20(16)35-21-8-6-14(26)10-19(21)27/h6-13,29H,4-5H2,1-3H3,(H,28,31). The van der Waals surface area contributed by atoms with Crippen molar-refractivity contribution in [2.75, 3.05) is 17.0 Å². The van der Waals surface area contributed by atoms with E-state index in [1.807, 2.05) is 0 Å². The zero-order chi connectivity index (χ0) is 26.9. The van der Waals surface area contributed by atoms with Gasteiger partial charge < -0.3 is 14.6 Å². The van der Waals surface area contributed by atoms with Gasteiger partial charge in [-0.25, -0.2) is 17.2 Å². The molecule has 0 saturated carbocycles. The molecule has 12 heteroatoms. The number of aromatic nitrogens is 1. The number of carbonyl (C=O) groups excluding carboxylic acids is 1. The van der Waals surface area contributed by atoms with E-state index in [-0.39, 0.29) is 39.8 Å². The number of hydrogen-bond donors (Lipinski definition) is 2. The minimum absolute atomic E-state index is 0.123. The van der Waals surface area contributed by atoms with Crippen LogP contribution in [0.4, 0.5) is 14.5 Å². The van der Waals surface area contributed by atoms with Crippen LogP contribution in [0.25, 0.3) is 21.2 Å². The highest BCUT2D eigenvalue weighted by Crippen LogP contribution is 2.41. The lowest BCUT2D eigenvalue weighted by atomic mass is 10.0. The van der Waals surface area contributed by atoms with E-state index in [9.17, 15) is 26.8 Å². The van der Waals surface area contributed by atoms with Crippen molar-refractivity contribution in [2.24, 2.45) is 7.05 Å². The van der Waals surface area contributed by atoms with E-state index in [4.69, 9.17) is 4.74 Å². The van der Waals surface area contributed by atoms with E-state index in [2.05, 4.69) is 10.0 Å². The predicted octanol–water partition coefficient (Wildman–Crippen LogP) is 4.85. The highest BCUT2D eigenvalue weighted by Gasteiger charge is 2.21. The number of benzene rings is 2. The molecule has 37 heavy (non-hydrogen) atoms. The van der Waals surface area contributed by atoms with Gasteiger partial charge in [-0.2, -0.15) is 0 Å². The number of amides is 1. The molecule has 2 heterocycles. The fraction of sp³-hybridized carbons (Fsp3) is 0.200. The number of nitrogens with one attached hydrogen (secondary N) is 2. The molecule has 0 aliphatic rings. The molecule has 0 unspecified atom stereocenters. The summed E-state index contributed by atoms with van der Waals surface area (Å²) in [6, 6.07) is 8.75. The summed E-state index contributed by atoms with van der Waals surface area (Å²) < 4.78 is 62.3. The van der Waals surface area contributed by atoms with Gasteiger partial charge in [-0.15, -0.1) is 11.3 Å². The van der Waals surface area contributed by atoms with Crippen molar-refractivity contribution >= 4 is 43.0 Å². The highest BCUT2D eigenvalue weighted by molar-refractivity contribution is 7.92. The van der Waals surface area contributed by atoms with Crippen LogP contribution in [0.5, 0.6) is 11.5 Å². The molecule has 0 aliphatic heterocycles. The van der Waals surface area contributed by atoms with E-state index in [0.29, 0.717) is 33.3 Å². The van der Waals surface area contributed by atoms with Crippen molar-refractivity contribution < 1.29 is 26.7 Å². The van der Waals surface area contributed by atoms with Crippen molar-refractivity contribution in [2.45, 2.75) is 13.8 Å². The minimum atomic E-state index is -3.62. The first-order valence-electron chi connectivity index (χ1n) is 11.2. The molecule has 0 radical (unpaired) electrons. The van der Waals surface area contributed by atoms with Crippen LogP contribution in [0.15, 0.2) is 53.5 Å². The molecule has 0 atom stereocenters. The largest absolute Gasteiger partial charge is 0.454 e. The molecule has 0 saturated heterocycles. The molecule has 8 nitrogen and oxygen atoms in total. The lowest BCUT2D eigenvalue weighted by Gasteiger charge is -2.16. The molecule has 4 rings (SSSR count). The first kappa shape index (κ1) is 26.3. The second-order valence-electron chi connectivity index (χ2n) is 8.06. The van der Waals surface area contributed by atoms with Gasteiger partial charge >= 0.3 is 0 Å². The maximum absolute atomic E-state index is 14.4. The minimum Gasteiger partial charge on any atom is -0.454 e. The van der Waals surface area contributed by atoms with Crippen LogP contribution >= 0.6 is 11.3 Å². The number of hydrogen-bond acceptors (Lipinski definition) is 6. The summed E-state index contributed by atoms with van der Waals surface area (Å²) >= 11 is 1.09. The Morgan fingerprint density at radius 3 is 2.46 bits per heavy atom. The average Bonchev–Trinajstić information content (AvgIpc) is 3.30. The maximum Gasteiger partial charge on any atom is 0.261 e. The van der Waals surface area contributed by atoms with Crippen molar-refractivity contribution in [3.8, 4) is 22.6 Å². The van der Waals surface area contributed by atoms with Crippen LogP contribution in [-0.4, -0.2) is 31.2 Å². The van der Waals surface area contributed by atoms with Crippen LogP contribution in [0.1, 0.15) is 23.5 Å². The Balaban J connectivity index is 1.96. The number of nitrogens with zero attached hydrogens (tertiary/aromatic N) is 1. The Kier molecular flexibility index (Phi) is 7.32. The van der Waals surface area contributed by atoms with Crippen molar-refractivity contribution in [1.29, 1.82) is 0 Å². The molecule has 0 fully saturated rings.